The van der Waals surface area contributed by atoms with Gasteiger partial charge >= 0.3 is 0 Å². The van der Waals surface area contributed by atoms with Gasteiger partial charge in [-0.25, -0.2) is 8.42 Å². The van der Waals surface area contributed by atoms with Gasteiger partial charge in [0.2, 0.25) is 0 Å². The molecular formula is C13H18N2O4S. The average molecular weight is 298 g/mol. The Morgan fingerprint density at radius 3 is 2.50 bits per heavy atom. The molecule has 1 saturated carbocycles. The van der Waals surface area contributed by atoms with Gasteiger partial charge in [0.1, 0.15) is 15.6 Å². The molecule has 1 saturated heterocycles. The first-order chi connectivity index (χ1) is 9.45. The molecule has 0 N–H and O–H groups in total. The molecule has 1 aromatic rings. The highest BCUT2D eigenvalue weighted by Crippen LogP contribution is 2.40. The standard InChI is InChI=1S/C13H18N2O4S/c1-20(17,18)10-4-6-15(7-5-10)13(16)11-8-12(19-14-11)9-2-3-9/h8-10H,2-7H2,1H3. The molecule has 0 radical (unpaired) electrons. The van der Waals surface area contributed by atoms with Crippen molar-refractivity contribution in [3.63, 3.8) is 0 Å². The van der Waals surface area contributed by atoms with Crippen molar-refractivity contribution < 1.29 is 17.7 Å². The summed E-state index contributed by atoms with van der Waals surface area (Å²) >= 11 is 0. The number of amides is 1. The summed E-state index contributed by atoms with van der Waals surface area (Å²) in [6.45, 7) is 0.921. The summed E-state index contributed by atoms with van der Waals surface area (Å²) in [5.41, 5.74) is 0.338. The van der Waals surface area contributed by atoms with Crippen LogP contribution >= 0.6 is 0 Å². The maximum Gasteiger partial charge on any atom is 0.276 e. The second-order valence-electron chi connectivity index (χ2n) is 5.71. The van der Waals surface area contributed by atoms with Crippen LogP contribution in [0.3, 0.4) is 0 Å². The Morgan fingerprint density at radius 1 is 1.30 bits per heavy atom. The molecule has 1 amide bonds. The number of nitrogens with zero attached hydrogens (tertiary/aromatic N) is 2. The van der Waals surface area contributed by atoms with Crippen LogP contribution in [-0.2, 0) is 9.84 Å². The van der Waals surface area contributed by atoms with E-state index < -0.39 is 9.84 Å². The monoisotopic (exact) mass is 298 g/mol. The van der Waals surface area contributed by atoms with Crippen molar-refractivity contribution in [2.24, 2.45) is 0 Å². The third-order valence-electron chi connectivity index (χ3n) is 4.06. The van der Waals surface area contributed by atoms with E-state index in [1.165, 1.54) is 6.26 Å². The van der Waals surface area contributed by atoms with Crippen LogP contribution in [0.4, 0.5) is 0 Å². The number of carbonyl (C=O) groups excluding carboxylic acids is 1. The number of sulfone groups is 1. The average Bonchev–Trinajstić information content (AvgIpc) is 3.15. The molecule has 0 spiro atoms. The van der Waals surface area contributed by atoms with Crippen molar-refractivity contribution in [3.05, 3.63) is 17.5 Å². The molecule has 7 heteroatoms. The third-order valence-corrected chi connectivity index (χ3v) is 5.74. The Morgan fingerprint density at radius 2 is 1.95 bits per heavy atom. The van der Waals surface area contributed by atoms with Gasteiger partial charge in [-0.3, -0.25) is 4.79 Å². The van der Waals surface area contributed by atoms with Crippen LogP contribution in [0.25, 0.3) is 0 Å². The summed E-state index contributed by atoms with van der Waals surface area (Å²) in [4.78, 5) is 13.9. The molecular weight excluding hydrogens is 280 g/mol. The van der Waals surface area contributed by atoms with Crippen molar-refractivity contribution in [2.45, 2.75) is 36.9 Å². The second-order valence-corrected chi connectivity index (χ2v) is 8.04. The molecule has 6 nitrogen and oxygen atoms in total. The Labute approximate surface area is 118 Å². The molecule has 2 fully saturated rings. The number of hydrogen-bond donors (Lipinski definition) is 0. The minimum atomic E-state index is -3.01. The number of rotatable bonds is 3. The predicted molar refractivity (Wildman–Crippen MR) is 72.2 cm³/mol. The highest BCUT2D eigenvalue weighted by molar-refractivity contribution is 7.91. The highest BCUT2D eigenvalue weighted by atomic mass is 32.2. The van der Waals surface area contributed by atoms with E-state index in [0.717, 1.165) is 18.6 Å². The van der Waals surface area contributed by atoms with Gasteiger partial charge in [-0.15, -0.1) is 0 Å². The van der Waals surface area contributed by atoms with Crippen molar-refractivity contribution in [2.75, 3.05) is 19.3 Å². The van der Waals surface area contributed by atoms with E-state index in [-0.39, 0.29) is 11.2 Å². The smallest absolute Gasteiger partial charge is 0.276 e. The van der Waals surface area contributed by atoms with E-state index in [9.17, 15) is 13.2 Å². The lowest BCUT2D eigenvalue weighted by Crippen LogP contribution is -2.42. The van der Waals surface area contributed by atoms with Crippen LogP contribution in [0.15, 0.2) is 10.6 Å². The third kappa shape index (κ3) is 2.72. The van der Waals surface area contributed by atoms with E-state index in [4.69, 9.17) is 4.52 Å². The molecule has 0 bridgehead atoms. The summed E-state index contributed by atoms with van der Waals surface area (Å²) in [5, 5.41) is 3.51. The van der Waals surface area contributed by atoms with Crippen LogP contribution in [0.5, 0.6) is 0 Å². The molecule has 2 heterocycles. The van der Waals surface area contributed by atoms with Gasteiger partial charge < -0.3 is 9.42 Å². The van der Waals surface area contributed by atoms with Gasteiger partial charge in [0, 0.05) is 31.3 Å². The molecule has 0 atom stereocenters. The van der Waals surface area contributed by atoms with Gasteiger partial charge in [-0.1, -0.05) is 5.16 Å². The lowest BCUT2D eigenvalue weighted by atomic mass is 10.1. The molecule has 1 aromatic heterocycles. The highest BCUT2D eigenvalue weighted by Gasteiger charge is 2.32. The number of likely N-dealkylation sites (tertiary alicyclic amines) is 1. The largest absolute Gasteiger partial charge is 0.360 e. The quantitative estimate of drug-likeness (QED) is 0.837. The molecule has 1 aliphatic carbocycles. The van der Waals surface area contributed by atoms with E-state index in [2.05, 4.69) is 5.16 Å². The van der Waals surface area contributed by atoms with Gasteiger partial charge in [-0.05, 0) is 25.7 Å². The van der Waals surface area contributed by atoms with Gasteiger partial charge in [0.25, 0.3) is 5.91 Å². The molecule has 0 aromatic carbocycles. The Kier molecular flexibility index (Phi) is 3.32. The SMILES string of the molecule is CS(=O)(=O)C1CCN(C(=O)c2cc(C3CC3)on2)CC1. The first-order valence-electron chi connectivity index (χ1n) is 6.90. The number of aromatic nitrogens is 1. The number of hydrogen-bond acceptors (Lipinski definition) is 5. The van der Waals surface area contributed by atoms with Crippen LogP contribution in [0.1, 0.15) is 47.8 Å². The maximum atomic E-state index is 12.3. The molecule has 20 heavy (non-hydrogen) atoms. The predicted octanol–water partition coefficient (Wildman–Crippen LogP) is 1.20. The zero-order chi connectivity index (χ0) is 14.3. The Hall–Kier alpha value is -1.37. The fourth-order valence-corrected chi connectivity index (χ4v) is 3.67. The van der Waals surface area contributed by atoms with Crippen LogP contribution < -0.4 is 0 Å². The first kappa shape index (κ1) is 13.6. The normalized spacial score (nSPS) is 21.1. The fourth-order valence-electron chi connectivity index (χ4n) is 2.60. The fraction of sp³-hybridized carbons (Fsp3) is 0.692. The minimum Gasteiger partial charge on any atom is -0.360 e. The Bertz CT molecular complexity index is 610. The summed E-state index contributed by atoms with van der Waals surface area (Å²) < 4.78 is 28.2. The molecule has 1 aliphatic heterocycles. The Balaban J connectivity index is 1.63. The zero-order valence-electron chi connectivity index (χ0n) is 11.4. The van der Waals surface area contributed by atoms with Crippen LogP contribution in [0, 0.1) is 0 Å². The summed E-state index contributed by atoms with van der Waals surface area (Å²) in [7, 11) is -3.01. The molecule has 0 unspecified atom stereocenters. The zero-order valence-corrected chi connectivity index (χ0v) is 12.2. The summed E-state index contributed by atoms with van der Waals surface area (Å²) in [6, 6.07) is 1.72. The van der Waals surface area contributed by atoms with Gasteiger partial charge in [0.05, 0.1) is 5.25 Å². The van der Waals surface area contributed by atoms with Crippen molar-refractivity contribution in [3.8, 4) is 0 Å². The van der Waals surface area contributed by atoms with Gasteiger partial charge in [-0.2, -0.15) is 0 Å². The van der Waals surface area contributed by atoms with Crippen molar-refractivity contribution in [1.82, 2.24) is 10.1 Å². The summed E-state index contributed by atoms with van der Waals surface area (Å²) in [5.74, 6) is 1.06. The second kappa shape index (κ2) is 4.87. The van der Waals surface area contributed by atoms with Gasteiger partial charge in [0.15, 0.2) is 5.69 Å². The van der Waals surface area contributed by atoms with E-state index in [0.29, 0.717) is 37.5 Å². The lowest BCUT2D eigenvalue weighted by Gasteiger charge is -2.30. The lowest BCUT2D eigenvalue weighted by molar-refractivity contribution is 0.0715. The van der Waals surface area contributed by atoms with Crippen molar-refractivity contribution >= 4 is 15.7 Å². The molecule has 2 aliphatic rings. The summed E-state index contributed by atoms with van der Waals surface area (Å²) in [6.07, 6.45) is 4.45. The first-order valence-corrected chi connectivity index (χ1v) is 8.85. The van der Waals surface area contributed by atoms with Crippen molar-refractivity contribution in [1.29, 1.82) is 0 Å². The molecule has 3 rings (SSSR count). The topological polar surface area (TPSA) is 80.5 Å². The molecule has 110 valence electrons. The van der Waals surface area contributed by atoms with Crippen LogP contribution in [0.2, 0.25) is 0 Å². The number of carbonyl (C=O) groups is 1. The van der Waals surface area contributed by atoms with E-state index in [1.54, 1.807) is 11.0 Å². The number of piperidine rings is 1. The maximum absolute atomic E-state index is 12.3. The van der Waals surface area contributed by atoms with E-state index >= 15 is 0 Å². The minimum absolute atomic E-state index is 0.160. The van der Waals surface area contributed by atoms with E-state index in [1.807, 2.05) is 0 Å². The van der Waals surface area contributed by atoms with Crippen LogP contribution in [-0.4, -0.2) is 49.0 Å².